The second-order valence-electron chi connectivity index (χ2n) is 10.7. The van der Waals surface area contributed by atoms with E-state index in [4.69, 9.17) is 27.9 Å². The van der Waals surface area contributed by atoms with Gasteiger partial charge in [-0.2, -0.15) is 0 Å². The molecule has 1 aliphatic carbocycles. The smallest absolute Gasteiger partial charge is 0.264 e. The Morgan fingerprint density at radius 3 is 2.35 bits per heavy atom. The number of nitrogens with zero attached hydrogens (tertiary/aromatic N) is 2. The van der Waals surface area contributed by atoms with Crippen molar-refractivity contribution in [2.45, 2.75) is 69.5 Å². The van der Waals surface area contributed by atoms with Crippen LogP contribution in [0.5, 0.6) is 5.75 Å². The van der Waals surface area contributed by atoms with Crippen molar-refractivity contribution in [1.29, 1.82) is 0 Å². The molecule has 0 radical (unpaired) electrons. The number of carbonyl (C=O) groups is 2. The Hall–Kier alpha value is -3.27. The summed E-state index contributed by atoms with van der Waals surface area (Å²) in [6, 6.07) is 17.4. The van der Waals surface area contributed by atoms with Gasteiger partial charge in [0.05, 0.1) is 27.7 Å². The molecular formula is C32H37Cl2N3O5S. The zero-order chi connectivity index (χ0) is 31.1. The Morgan fingerprint density at radius 1 is 1.02 bits per heavy atom. The number of halogens is 2. The van der Waals surface area contributed by atoms with Crippen LogP contribution in [0.3, 0.4) is 0 Å². The molecule has 1 N–H and O–H groups in total. The first-order valence-electron chi connectivity index (χ1n) is 14.3. The molecule has 0 saturated heterocycles. The fraction of sp³-hybridized carbons (Fsp3) is 0.375. The summed E-state index contributed by atoms with van der Waals surface area (Å²) in [4.78, 5) is 29.3. The van der Waals surface area contributed by atoms with Crippen LogP contribution in [0.4, 0.5) is 5.69 Å². The highest BCUT2D eigenvalue weighted by Crippen LogP contribution is 2.36. The van der Waals surface area contributed by atoms with E-state index in [2.05, 4.69) is 5.32 Å². The maximum atomic E-state index is 14.3. The minimum absolute atomic E-state index is 0.00184. The summed E-state index contributed by atoms with van der Waals surface area (Å²) in [6.07, 6.45) is 4.20. The summed E-state index contributed by atoms with van der Waals surface area (Å²) in [5, 5.41) is 3.25. The van der Waals surface area contributed by atoms with E-state index in [0.29, 0.717) is 12.2 Å². The highest BCUT2D eigenvalue weighted by atomic mass is 35.5. The molecule has 3 aromatic rings. The molecule has 1 fully saturated rings. The molecule has 0 bridgehead atoms. The zero-order valence-corrected chi connectivity index (χ0v) is 26.9. The van der Waals surface area contributed by atoms with Gasteiger partial charge in [0.15, 0.2) is 0 Å². The number of aryl methyl sites for hydroxylation is 1. The highest BCUT2D eigenvalue weighted by molar-refractivity contribution is 7.92. The summed E-state index contributed by atoms with van der Waals surface area (Å²) >= 11 is 12.8. The van der Waals surface area contributed by atoms with Crippen molar-refractivity contribution in [1.82, 2.24) is 10.2 Å². The van der Waals surface area contributed by atoms with Gasteiger partial charge < -0.3 is 15.0 Å². The molecule has 2 amide bonds. The molecule has 0 heterocycles. The van der Waals surface area contributed by atoms with Gasteiger partial charge >= 0.3 is 0 Å². The van der Waals surface area contributed by atoms with E-state index in [9.17, 15) is 18.0 Å². The number of anilines is 1. The zero-order valence-electron chi connectivity index (χ0n) is 24.6. The van der Waals surface area contributed by atoms with E-state index < -0.39 is 28.5 Å². The van der Waals surface area contributed by atoms with Crippen LogP contribution in [-0.4, -0.2) is 50.9 Å². The van der Waals surface area contributed by atoms with Crippen molar-refractivity contribution in [2.75, 3.05) is 18.0 Å². The Balaban J connectivity index is 1.75. The second kappa shape index (κ2) is 14.5. The SMILES string of the molecule is CC[C@@H](C(=O)NC1CCCC1)N(Cc1cccc(OC)c1)C(=O)CN(c1cccc(Cl)c1Cl)S(=O)(=O)c1ccc(C)cc1. The lowest BCUT2D eigenvalue weighted by Crippen LogP contribution is -2.53. The lowest BCUT2D eigenvalue weighted by atomic mass is 10.1. The van der Waals surface area contributed by atoms with E-state index >= 15 is 0 Å². The van der Waals surface area contributed by atoms with Gasteiger partial charge in [-0.3, -0.25) is 13.9 Å². The van der Waals surface area contributed by atoms with E-state index in [1.165, 1.54) is 23.1 Å². The first-order chi connectivity index (χ1) is 20.5. The van der Waals surface area contributed by atoms with Crippen LogP contribution in [0, 0.1) is 6.92 Å². The van der Waals surface area contributed by atoms with Gasteiger partial charge in [0.1, 0.15) is 18.3 Å². The molecule has 4 rings (SSSR count). The molecule has 43 heavy (non-hydrogen) atoms. The van der Waals surface area contributed by atoms with Gasteiger partial charge in [-0.1, -0.05) is 78.9 Å². The number of ether oxygens (including phenoxy) is 1. The number of amides is 2. The quantitative estimate of drug-likeness (QED) is 0.247. The monoisotopic (exact) mass is 645 g/mol. The van der Waals surface area contributed by atoms with Gasteiger partial charge in [-0.05, 0) is 68.1 Å². The lowest BCUT2D eigenvalue weighted by Gasteiger charge is -2.34. The van der Waals surface area contributed by atoms with Crippen LogP contribution in [-0.2, 0) is 26.2 Å². The van der Waals surface area contributed by atoms with E-state index in [1.54, 1.807) is 49.6 Å². The number of nitrogens with one attached hydrogen (secondary N) is 1. The molecule has 1 aliphatic rings. The summed E-state index contributed by atoms with van der Waals surface area (Å²) in [5.41, 5.74) is 1.67. The number of hydrogen-bond acceptors (Lipinski definition) is 5. The number of hydrogen-bond donors (Lipinski definition) is 1. The highest BCUT2D eigenvalue weighted by Gasteiger charge is 2.35. The van der Waals surface area contributed by atoms with Gasteiger partial charge in [0.2, 0.25) is 11.8 Å². The van der Waals surface area contributed by atoms with Crippen LogP contribution >= 0.6 is 23.2 Å². The standard InChI is InChI=1S/C32H37Cl2N3O5S/c1-4-28(32(39)35-24-10-5-6-11-24)36(20-23-9-7-12-25(19-23)42-3)30(38)21-37(29-14-8-13-27(33)31(29)34)43(40,41)26-17-15-22(2)16-18-26/h7-9,12-19,24,28H,4-6,10-11,20-21H2,1-3H3,(H,35,39)/t28-/m0/s1. The van der Waals surface area contributed by atoms with E-state index in [1.807, 2.05) is 19.9 Å². The molecule has 0 aromatic heterocycles. The maximum absolute atomic E-state index is 14.3. The average molecular weight is 647 g/mol. The fourth-order valence-corrected chi connectivity index (χ4v) is 7.16. The van der Waals surface area contributed by atoms with Crippen molar-refractivity contribution in [3.8, 4) is 5.75 Å². The first-order valence-corrected chi connectivity index (χ1v) is 16.5. The van der Waals surface area contributed by atoms with Gasteiger partial charge in [-0.25, -0.2) is 8.42 Å². The Labute approximate surface area is 264 Å². The molecule has 0 unspecified atom stereocenters. The maximum Gasteiger partial charge on any atom is 0.264 e. The minimum atomic E-state index is -4.27. The predicted molar refractivity (Wildman–Crippen MR) is 170 cm³/mol. The van der Waals surface area contributed by atoms with Crippen molar-refractivity contribution >= 4 is 50.7 Å². The van der Waals surface area contributed by atoms with Crippen LogP contribution in [0.25, 0.3) is 0 Å². The molecule has 3 aromatic carbocycles. The first kappa shape index (κ1) is 32.6. The summed E-state index contributed by atoms with van der Waals surface area (Å²) in [5.74, 6) is -0.231. The van der Waals surface area contributed by atoms with Crippen LogP contribution in [0.15, 0.2) is 71.6 Å². The van der Waals surface area contributed by atoms with Crippen LogP contribution < -0.4 is 14.4 Å². The van der Waals surface area contributed by atoms with Crippen molar-refractivity contribution in [3.63, 3.8) is 0 Å². The van der Waals surface area contributed by atoms with E-state index in [-0.39, 0.29) is 39.1 Å². The number of sulfonamides is 1. The molecule has 1 atom stereocenters. The molecule has 0 spiro atoms. The third-order valence-corrected chi connectivity index (χ3v) is 10.2. The van der Waals surface area contributed by atoms with Gasteiger partial charge in [0.25, 0.3) is 10.0 Å². The summed E-state index contributed by atoms with van der Waals surface area (Å²) < 4.78 is 34.5. The number of rotatable bonds is 12. The van der Waals surface area contributed by atoms with Crippen molar-refractivity contribution in [3.05, 3.63) is 87.9 Å². The topological polar surface area (TPSA) is 96.0 Å². The predicted octanol–water partition coefficient (Wildman–Crippen LogP) is 6.37. The van der Waals surface area contributed by atoms with Crippen molar-refractivity contribution < 1.29 is 22.7 Å². The molecular weight excluding hydrogens is 609 g/mol. The average Bonchev–Trinajstić information content (AvgIpc) is 3.50. The molecule has 1 saturated carbocycles. The number of carbonyl (C=O) groups excluding carboxylic acids is 2. The second-order valence-corrected chi connectivity index (χ2v) is 13.3. The van der Waals surface area contributed by atoms with Gasteiger partial charge in [-0.15, -0.1) is 0 Å². The normalized spacial score (nSPS) is 14.3. The Morgan fingerprint density at radius 2 is 1.70 bits per heavy atom. The van der Waals surface area contributed by atoms with Crippen molar-refractivity contribution in [2.24, 2.45) is 0 Å². The van der Waals surface area contributed by atoms with Crippen LogP contribution in [0.2, 0.25) is 10.0 Å². The Bertz CT molecular complexity index is 1540. The summed E-state index contributed by atoms with van der Waals surface area (Å²) in [6.45, 7) is 3.14. The third kappa shape index (κ3) is 7.82. The number of benzene rings is 3. The number of methoxy groups -OCH3 is 1. The third-order valence-electron chi connectivity index (χ3n) is 7.66. The molecule has 230 valence electrons. The molecule has 8 nitrogen and oxygen atoms in total. The van der Waals surface area contributed by atoms with Crippen LogP contribution in [0.1, 0.15) is 50.2 Å². The van der Waals surface area contributed by atoms with E-state index in [0.717, 1.165) is 41.1 Å². The molecule has 11 heteroatoms. The minimum Gasteiger partial charge on any atom is -0.497 e. The lowest BCUT2D eigenvalue weighted by molar-refractivity contribution is -0.140. The fourth-order valence-electron chi connectivity index (χ4n) is 5.29. The largest absolute Gasteiger partial charge is 0.497 e. The Kier molecular flexibility index (Phi) is 11.0. The molecule has 0 aliphatic heterocycles. The van der Waals surface area contributed by atoms with Gasteiger partial charge in [0, 0.05) is 12.6 Å². The summed E-state index contributed by atoms with van der Waals surface area (Å²) in [7, 11) is -2.72.